The first kappa shape index (κ1) is 21.5. The van der Waals surface area contributed by atoms with Crippen LogP contribution < -0.4 is 4.72 Å². The van der Waals surface area contributed by atoms with Gasteiger partial charge in [-0.2, -0.15) is 5.10 Å². The molecule has 1 saturated carbocycles. The zero-order valence-electron chi connectivity index (χ0n) is 17.4. The van der Waals surface area contributed by atoms with Crippen molar-refractivity contribution in [1.82, 2.24) is 5.01 Å². The first-order chi connectivity index (χ1) is 14.8. The molecule has 0 aromatic heterocycles. The normalized spacial score (nSPS) is 19.9. The number of hydrogen-bond donors (Lipinski definition) is 1. The molecular formula is C23H26FN3O3S. The molecule has 8 heteroatoms. The SMILES string of the molecule is CS(=O)(=O)Nc1ccccc1C1=NN(C(=O)C2CCCCC2)[C@@H](c2cccc(F)c2)C1. The van der Waals surface area contributed by atoms with Crippen LogP contribution in [0.4, 0.5) is 10.1 Å². The molecule has 4 rings (SSSR count). The fourth-order valence-corrected chi connectivity index (χ4v) is 4.99. The van der Waals surface area contributed by atoms with Crippen LogP contribution >= 0.6 is 0 Å². The highest BCUT2D eigenvalue weighted by molar-refractivity contribution is 7.92. The molecule has 0 spiro atoms. The summed E-state index contributed by atoms with van der Waals surface area (Å²) in [6.07, 6.45) is 6.32. The molecule has 1 atom stereocenters. The Bertz CT molecular complexity index is 1110. The van der Waals surface area contributed by atoms with Gasteiger partial charge in [0.1, 0.15) is 5.82 Å². The highest BCUT2D eigenvalue weighted by atomic mass is 32.2. The lowest BCUT2D eigenvalue weighted by Crippen LogP contribution is -2.34. The van der Waals surface area contributed by atoms with E-state index in [-0.39, 0.29) is 17.6 Å². The monoisotopic (exact) mass is 443 g/mol. The lowest BCUT2D eigenvalue weighted by Gasteiger charge is -2.28. The summed E-state index contributed by atoms with van der Waals surface area (Å²) in [6.45, 7) is 0. The van der Waals surface area contributed by atoms with Crippen molar-refractivity contribution >= 4 is 27.3 Å². The molecule has 164 valence electrons. The largest absolute Gasteiger partial charge is 0.283 e. The topological polar surface area (TPSA) is 78.8 Å². The van der Waals surface area contributed by atoms with E-state index < -0.39 is 16.1 Å². The summed E-state index contributed by atoms with van der Waals surface area (Å²) >= 11 is 0. The molecule has 1 amide bonds. The van der Waals surface area contributed by atoms with Gasteiger partial charge in [-0.3, -0.25) is 9.52 Å². The smallest absolute Gasteiger partial charge is 0.246 e. The number of rotatable bonds is 5. The van der Waals surface area contributed by atoms with Crippen LogP contribution in [0.3, 0.4) is 0 Å². The van der Waals surface area contributed by atoms with Gasteiger partial charge in [0.15, 0.2) is 0 Å². The van der Waals surface area contributed by atoms with Crippen LogP contribution in [0.1, 0.15) is 55.7 Å². The second-order valence-electron chi connectivity index (χ2n) is 8.26. The van der Waals surface area contributed by atoms with E-state index in [0.717, 1.165) is 38.4 Å². The quantitative estimate of drug-likeness (QED) is 0.741. The average molecular weight is 444 g/mol. The Hall–Kier alpha value is -2.74. The molecule has 6 nitrogen and oxygen atoms in total. The van der Waals surface area contributed by atoms with Crippen LogP contribution in [-0.4, -0.2) is 31.3 Å². The maximum Gasteiger partial charge on any atom is 0.246 e. The first-order valence-electron chi connectivity index (χ1n) is 10.5. The summed E-state index contributed by atoms with van der Waals surface area (Å²) in [5, 5.41) is 6.15. The van der Waals surface area contributed by atoms with E-state index in [1.807, 2.05) is 0 Å². The number of hydrazone groups is 1. The zero-order chi connectivity index (χ0) is 22.0. The molecular weight excluding hydrogens is 417 g/mol. The first-order valence-corrected chi connectivity index (χ1v) is 12.4. The number of halogens is 1. The molecule has 0 bridgehead atoms. The standard InChI is InChI=1S/C23H26FN3O3S/c1-31(29,30)26-20-13-6-5-12-19(20)21-15-22(17-10-7-11-18(24)14-17)27(25-21)23(28)16-8-3-2-4-9-16/h5-7,10-14,16,22,26H,2-4,8-9,15H2,1H3/t22-/m1/s1. The molecule has 0 unspecified atom stereocenters. The maximum atomic E-state index is 14.0. The van der Waals surface area contributed by atoms with Crippen LogP contribution in [0.2, 0.25) is 0 Å². The number of para-hydroxylation sites is 1. The maximum absolute atomic E-state index is 14.0. The van der Waals surface area contributed by atoms with Crippen LogP contribution in [-0.2, 0) is 14.8 Å². The van der Waals surface area contributed by atoms with Crippen LogP contribution in [0, 0.1) is 11.7 Å². The minimum atomic E-state index is -3.48. The highest BCUT2D eigenvalue weighted by Gasteiger charge is 2.37. The van der Waals surface area contributed by atoms with Gasteiger partial charge >= 0.3 is 0 Å². The van der Waals surface area contributed by atoms with Gasteiger partial charge in [0.05, 0.1) is 23.7 Å². The third-order valence-electron chi connectivity index (χ3n) is 5.86. The number of nitrogens with zero attached hydrogens (tertiary/aromatic N) is 2. The third-order valence-corrected chi connectivity index (χ3v) is 6.45. The Morgan fingerprint density at radius 2 is 1.84 bits per heavy atom. The summed E-state index contributed by atoms with van der Waals surface area (Å²) in [4.78, 5) is 13.4. The van der Waals surface area contributed by atoms with Crippen molar-refractivity contribution in [1.29, 1.82) is 0 Å². The van der Waals surface area contributed by atoms with Gasteiger partial charge in [-0.1, -0.05) is 49.6 Å². The predicted molar refractivity (Wildman–Crippen MR) is 119 cm³/mol. The van der Waals surface area contributed by atoms with Crippen molar-refractivity contribution in [2.45, 2.75) is 44.6 Å². The molecule has 2 aliphatic rings. The van der Waals surface area contributed by atoms with Crippen LogP contribution in [0.5, 0.6) is 0 Å². The Balaban J connectivity index is 1.72. The summed E-state index contributed by atoms with van der Waals surface area (Å²) in [7, 11) is -3.48. The zero-order valence-corrected chi connectivity index (χ0v) is 18.2. The molecule has 1 aliphatic heterocycles. The summed E-state index contributed by atoms with van der Waals surface area (Å²) in [5.74, 6) is -0.495. The molecule has 31 heavy (non-hydrogen) atoms. The molecule has 2 aromatic rings. The summed E-state index contributed by atoms with van der Waals surface area (Å²) < 4.78 is 40.1. The minimum Gasteiger partial charge on any atom is -0.283 e. The van der Waals surface area contributed by atoms with Gasteiger partial charge in [-0.05, 0) is 36.6 Å². The fourth-order valence-electron chi connectivity index (χ4n) is 4.41. The number of anilines is 1. The number of sulfonamides is 1. The minimum absolute atomic E-state index is 0.0440. The van der Waals surface area contributed by atoms with Gasteiger partial charge in [-0.25, -0.2) is 17.8 Å². The van der Waals surface area contributed by atoms with Gasteiger partial charge in [0.2, 0.25) is 15.9 Å². The Morgan fingerprint density at radius 1 is 1.10 bits per heavy atom. The van der Waals surface area contributed by atoms with Crippen molar-refractivity contribution in [2.24, 2.45) is 11.0 Å². The molecule has 1 aliphatic carbocycles. The van der Waals surface area contributed by atoms with E-state index in [1.165, 1.54) is 17.1 Å². The summed E-state index contributed by atoms with van der Waals surface area (Å²) in [6, 6.07) is 12.8. The van der Waals surface area contributed by atoms with Crippen molar-refractivity contribution in [3.05, 3.63) is 65.5 Å². The Morgan fingerprint density at radius 3 is 2.55 bits per heavy atom. The van der Waals surface area contributed by atoms with Gasteiger partial charge in [0.25, 0.3) is 0 Å². The lowest BCUT2D eigenvalue weighted by atomic mass is 9.88. The highest BCUT2D eigenvalue weighted by Crippen LogP contribution is 2.37. The van der Waals surface area contributed by atoms with Gasteiger partial charge < -0.3 is 0 Å². The van der Waals surface area contributed by atoms with Gasteiger partial charge in [0, 0.05) is 17.9 Å². The molecule has 1 N–H and O–H groups in total. The van der Waals surface area contributed by atoms with Crippen molar-refractivity contribution in [3.8, 4) is 0 Å². The van der Waals surface area contributed by atoms with E-state index in [9.17, 15) is 17.6 Å². The van der Waals surface area contributed by atoms with Crippen LogP contribution in [0.15, 0.2) is 53.6 Å². The van der Waals surface area contributed by atoms with Crippen molar-refractivity contribution in [3.63, 3.8) is 0 Å². The number of nitrogens with one attached hydrogen (secondary N) is 1. The van der Waals surface area contributed by atoms with E-state index in [2.05, 4.69) is 9.82 Å². The molecule has 1 fully saturated rings. The predicted octanol–water partition coefficient (Wildman–Crippen LogP) is 4.46. The third kappa shape index (κ3) is 4.95. The molecule has 0 saturated heterocycles. The molecule has 1 heterocycles. The van der Waals surface area contributed by atoms with E-state index >= 15 is 0 Å². The Labute approximate surface area is 182 Å². The number of hydrogen-bond acceptors (Lipinski definition) is 4. The van der Waals surface area contributed by atoms with E-state index in [1.54, 1.807) is 36.4 Å². The number of carbonyl (C=O) groups excluding carboxylic acids is 1. The summed E-state index contributed by atoms with van der Waals surface area (Å²) in [5.41, 5.74) is 2.31. The second kappa shape index (κ2) is 8.78. The molecule has 0 radical (unpaired) electrons. The fraction of sp³-hybridized carbons (Fsp3) is 0.391. The Kier molecular flexibility index (Phi) is 6.09. The number of carbonyl (C=O) groups is 1. The van der Waals surface area contributed by atoms with Crippen molar-refractivity contribution < 1.29 is 17.6 Å². The van der Waals surface area contributed by atoms with Crippen LogP contribution in [0.25, 0.3) is 0 Å². The number of benzene rings is 2. The average Bonchev–Trinajstić information content (AvgIpc) is 3.18. The van der Waals surface area contributed by atoms with Crippen molar-refractivity contribution in [2.75, 3.05) is 11.0 Å². The lowest BCUT2D eigenvalue weighted by molar-refractivity contribution is -0.138. The number of amides is 1. The van der Waals surface area contributed by atoms with E-state index in [0.29, 0.717) is 28.9 Å². The second-order valence-corrected chi connectivity index (χ2v) is 10.0. The molecule has 2 aromatic carbocycles. The van der Waals surface area contributed by atoms with E-state index in [4.69, 9.17) is 0 Å². The van der Waals surface area contributed by atoms with Gasteiger partial charge in [-0.15, -0.1) is 0 Å².